The van der Waals surface area contributed by atoms with Gasteiger partial charge >= 0.3 is 5.97 Å². The van der Waals surface area contributed by atoms with Crippen LogP contribution in [0.3, 0.4) is 0 Å². The molecular formula is C26H30ClNO5S. The molecule has 0 radical (unpaired) electrons. The van der Waals surface area contributed by atoms with Crippen molar-refractivity contribution in [1.29, 1.82) is 0 Å². The Bertz CT molecular complexity index is 1040. The van der Waals surface area contributed by atoms with E-state index in [0.717, 1.165) is 48.3 Å². The van der Waals surface area contributed by atoms with Crippen LogP contribution in [-0.4, -0.2) is 43.2 Å². The Labute approximate surface area is 210 Å². The maximum Gasteiger partial charge on any atom is 0.374 e. The molecule has 0 bridgehead atoms. The molecule has 0 aromatic heterocycles. The van der Waals surface area contributed by atoms with Crippen molar-refractivity contribution in [2.45, 2.75) is 52.1 Å². The second-order valence-electron chi connectivity index (χ2n) is 8.42. The highest BCUT2D eigenvalue weighted by Gasteiger charge is 2.17. The van der Waals surface area contributed by atoms with Crippen LogP contribution in [0.1, 0.15) is 47.9 Å². The first-order valence-electron chi connectivity index (χ1n) is 11.3. The van der Waals surface area contributed by atoms with Crippen LogP contribution < -0.4 is 10.1 Å². The molecule has 2 aromatic rings. The van der Waals surface area contributed by atoms with Gasteiger partial charge in [-0.3, -0.25) is 4.79 Å². The summed E-state index contributed by atoms with van der Waals surface area (Å²) in [5.41, 5.74) is 4.05. The summed E-state index contributed by atoms with van der Waals surface area (Å²) >= 11 is 12.0. The molecule has 1 aliphatic heterocycles. The van der Waals surface area contributed by atoms with E-state index >= 15 is 0 Å². The maximum atomic E-state index is 11.9. The van der Waals surface area contributed by atoms with Gasteiger partial charge in [0.25, 0.3) is 0 Å². The monoisotopic (exact) mass is 503 g/mol. The summed E-state index contributed by atoms with van der Waals surface area (Å²) in [7, 11) is 1.18. The zero-order valence-corrected chi connectivity index (χ0v) is 21.3. The van der Waals surface area contributed by atoms with Gasteiger partial charge in [0.1, 0.15) is 10.7 Å². The molecule has 1 saturated heterocycles. The van der Waals surface area contributed by atoms with E-state index in [0.29, 0.717) is 27.9 Å². The lowest BCUT2D eigenvalue weighted by atomic mass is 10.0. The number of rotatable bonds is 9. The third-order valence-corrected chi connectivity index (χ3v) is 6.41. The van der Waals surface area contributed by atoms with E-state index in [9.17, 15) is 9.59 Å². The van der Waals surface area contributed by atoms with E-state index in [1.165, 1.54) is 13.5 Å². The summed E-state index contributed by atoms with van der Waals surface area (Å²) in [4.78, 5) is 23.8. The maximum absolute atomic E-state index is 11.9. The Morgan fingerprint density at radius 3 is 2.56 bits per heavy atom. The van der Waals surface area contributed by atoms with E-state index in [1.54, 1.807) is 18.2 Å². The number of aryl methyl sites for hydroxylation is 2. The summed E-state index contributed by atoms with van der Waals surface area (Å²) in [6, 6.07) is 9.03. The first-order chi connectivity index (χ1) is 16.3. The first kappa shape index (κ1) is 26.1. The molecule has 1 aliphatic rings. The average molecular weight is 504 g/mol. The van der Waals surface area contributed by atoms with Crippen molar-refractivity contribution in [3.63, 3.8) is 0 Å². The Balaban J connectivity index is 1.66. The standard InChI is InChI=1S/C26H30ClNO5S/c1-16-12-20(33-11-9-19-6-4-5-10-32-19)13-17(2)24(16)25(34)28-22-14-18(7-8-21(22)27)15-23(29)26(30)31-3/h7-8,12-14,19H,4-6,9-11,15H2,1-3H3,(H,28,34)/t19-/m0/s1. The lowest BCUT2D eigenvalue weighted by Gasteiger charge is -2.22. The number of thiocarbonyl (C=S) groups is 1. The van der Waals surface area contributed by atoms with Crippen LogP contribution in [-0.2, 0) is 25.5 Å². The van der Waals surface area contributed by atoms with Crippen molar-refractivity contribution in [3.8, 4) is 5.75 Å². The fourth-order valence-corrected chi connectivity index (χ4v) is 4.64. The van der Waals surface area contributed by atoms with Gasteiger partial charge in [-0.1, -0.05) is 29.9 Å². The fourth-order valence-electron chi connectivity index (χ4n) is 4.04. The zero-order valence-electron chi connectivity index (χ0n) is 19.7. The minimum absolute atomic E-state index is 0.0821. The van der Waals surface area contributed by atoms with E-state index in [-0.39, 0.29) is 12.5 Å². The second-order valence-corrected chi connectivity index (χ2v) is 9.23. The number of hydrogen-bond acceptors (Lipinski definition) is 6. The molecule has 1 atom stereocenters. The fraction of sp³-hybridized carbons (Fsp3) is 0.423. The van der Waals surface area contributed by atoms with Gasteiger partial charge in [0.15, 0.2) is 0 Å². The van der Waals surface area contributed by atoms with Gasteiger partial charge in [-0.2, -0.15) is 0 Å². The first-order valence-corrected chi connectivity index (χ1v) is 12.1. The lowest BCUT2D eigenvalue weighted by Crippen LogP contribution is -2.21. The molecule has 0 amide bonds. The van der Waals surface area contributed by atoms with E-state index in [2.05, 4.69) is 10.1 Å². The summed E-state index contributed by atoms with van der Waals surface area (Å²) < 4.78 is 16.2. The van der Waals surface area contributed by atoms with Crippen LogP contribution in [0.5, 0.6) is 5.75 Å². The van der Waals surface area contributed by atoms with Crippen LogP contribution in [0.25, 0.3) is 0 Å². The van der Waals surface area contributed by atoms with Gasteiger partial charge in [0, 0.05) is 25.0 Å². The molecule has 6 nitrogen and oxygen atoms in total. The molecule has 2 aromatic carbocycles. The summed E-state index contributed by atoms with van der Waals surface area (Å²) in [5.74, 6) is -0.700. The molecular weight excluding hydrogens is 474 g/mol. The molecule has 8 heteroatoms. The predicted molar refractivity (Wildman–Crippen MR) is 137 cm³/mol. The number of esters is 1. The highest BCUT2D eigenvalue weighted by Crippen LogP contribution is 2.28. The Kier molecular flexibility index (Phi) is 9.45. The largest absolute Gasteiger partial charge is 0.493 e. The molecule has 182 valence electrons. The Morgan fingerprint density at radius 2 is 1.91 bits per heavy atom. The van der Waals surface area contributed by atoms with E-state index in [4.69, 9.17) is 33.3 Å². The molecule has 1 fully saturated rings. The zero-order chi connectivity index (χ0) is 24.7. The van der Waals surface area contributed by atoms with Crippen molar-refractivity contribution in [3.05, 3.63) is 57.6 Å². The number of carbonyl (C=O) groups is 2. The number of anilines is 1. The van der Waals surface area contributed by atoms with Crippen molar-refractivity contribution in [2.75, 3.05) is 25.6 Å². The van der Waals surface area contributed by atoms with E-state index in [1.807, 2.05) is 26.0 Å². The predicted octanol–water partition coefficient (Wildman–Crippen LogP) is 5.37. The van der Waals surface area contributed by atoms with E-state index < -0.39 is 11.8 Å². The number of Topliss-reactive ketones (excluding diaryl/α,β-unsaturated/α-hetero) is 1. The molecule has 0 saturated carbocycles. The Morgan fingerprint density at radius 1 is 1.18 bits per heavy atom. The second kappa shape index (κ2) is 12.3. The van der Waals surface area contributed by atoms with Crippen molar-refractivity contribution in [2.24, 2.45) is 0 Å². The van der Waals surface area contributed by atoms with Gasteiger partial charge in [-0.05, 0) is 74.1 Å². The molecule has 0 unspecified atom stereocenters. The number of ether oxygens (including phenoxy) is 3. The lowest BCUT2D eigenvalue weighted by molar-refractivity contribution is -0.151. The van der Waals surface area contributed by atoms with Crippen LogP contribution in [0.15, 0.2) is 30.3 Å². The molecule has 0 spiro atoms. The minimum atomic E-state index is -0.875. The highest BCUT2D eigenvalue weighted by molar-refractivity contribution is 7.81. The summed E-state index contributed by atoms with van der Waals surface area (Å²) in [6.07, 6.45) is 4.55. The summed E-state index contributed by atoms with van der Waals surface area (Å²) in [5, 5.41) is 3.64. The third kappa shape index (κ3) is 7.01. The molecule has 34 heavy (non-hydrogen) atoms. The van der Waals surface area contributed by atoms with Crippen molar-refractivity contribution < 1.29 is 23.8 Å². The van der Waals surface area contributed by atoms with Crippen LogP contribution in [0.4, 0.5) is 5.69 Å². The van der Waals surface area contributed by atoms with Crippen LogP contribution in [0, 0.1) is 13.8 Å². The number of methoxy groups -OCH3 is 1. The number of hydrogen-bond donors (Lipinski definition) is 1. The molecule has 3 rings (SSSR count). The van der Waals surface area contributed by atoms with Gasteiger partial charge in [0.05, 0.1) is 30.5 Å². The third-order valence-electron chi connectivity index (χ3n) is 5.77. The number of ketones is 1. The minimum Gasteiger partial charge on any atom is -0.493 e. The van der Waals surface area contributed by atoms with Gasteiger partial charge in [-0.25, -0.2) is 4.79 Å². The number of carbonyl (C=O) groups excluding carboxylic acids is 2. The van der Waals surface area contributed by atoms with Crippen LogP contribution >= 0.6 is 23.8 Å². The van der Waals surface area contributed by atoms with Gasteiger partial charge < -0.3 is 19.5 Å². The normalized spacial score (nSPS) is 15.5. The molecule has 1 heterocycles. The summed E-state index contributed by atoms with van der Waals surface area (Å²) in [6.45, 7) is 5.43. The quantitative estimate of drug-likeness (QED) is 0.280. The highest BCUT2D eigenvalue weighted by atomic mass is 35.5. The Hall–Kier alpha value is -2.48. The average Bonchev–Trinajstić information content (AvgIpc) is 2.81. The topological polar surface area (TPSA) is 73.9 Å². The van der Waals surface area contributed by atoms with Crippen molar-refractivity contribution >= 4 is 46.2 Å². The number of halogens is 1. The smallest absolute Gasteiger partial charge is 0.374 e. The number of nitrogens with one attached hydrogen (secondary N) is 1. The van der Waals surface area contributed by atoms with Crippen molar-refractivity contribution in [1.82, 2.24) is 0 Å². The number of benzene rings is 2. The van der Waals surface area contributed by atoms with Gasteiger partial charge in [-0.15, -0.1) is 0 Å². The molecule has 1 N–H and O–H groups in total. The molecule has 0 aliphatic carbocycles. The SMILES string of the molecule is COC(=O)C(=O)Cc1ccc(Cl)c(NC(=S)c2c(C)cc(OCC[C@@H]3CCCCO3)cc2C)c1. The van der Waals surface area contributed by atoms with Gasteiger partial charge in [0.2, 0.25) is 5.78 Å². The van der Waals surface area contributed by atoms with Crippen LogP contribution in [0.2, 0.25) is 5.02 Å².